The molecule has 183 valence electrons. The van der Waals surface area contributed by atoms with Gasteiger partial charge in [-0.2, -0.15) is 0 Å². The zero-order valence-corrected chi connectivity index (χ0v) is 23.3. The third-order valence-electron chi connectivity index (χ3n) is 3.28. The van der Waals surface area contributed by atoms with Crippen molar-refractivity contribution in [2.45, 2.75) is 151 Å². The van der Waals surface area contributed by atoms with Crippen LogP contribution in [0, 0.1) is 0 Å². The number of hydrogen-bond donors (Lipinski definition) is 0. The van der Waals surface area contributed by atoms with Crippen molar-refractivity contribution >= 4 is 0 Å². The zero-order valence-electron chi connectivity index (χ0n) is 21.8. The van der Waals surface area contributed by atoms with Crippen LogP contribution in [0.3, 0.4) is 0 Å². The van der Waals surface area contributed by atoms with Crippen LogP contribution < -0.4 is 15.3 Å². The first-order valence-corrected chi connectivity index (χ1v) is 12.2. The molecule has 0 aromatic rings. The third-order valence-corrected chi connectivity index (χ3v) is 3.28. The van der Waals surface area contributed by atoms with E-state index in [2.05, 4.69) is 13.8 Å². The molecule has 0 atom stereocenters. The van der Waals surface area contributed by atoms with Crippen LogP contribution in [0.4, 0.5) is 0 Å². The molecule has 0 rings (SSSR count). The van der Waals surface area contributed by atoms with Gasteiger partial charge in [-0.15, -0.1) is 18.3 Å². The van der Waals surface area contributed by atoms with Gasteiger partial charge in [-0.3, -0.25) is 0 Å². The van der Waals surface area contributed by atoms with Crippen LogP contribution in [-0.4, -0.2) is 31.5 Å². The first-order valence-electron chi connectivity index (χ1n) is 12.2. The Morgan fingerprint density at radius 1 is 0.467 bits per heavy atom. The first-order chi connectivity index (χ1) is 13.6. The van der Waals surface area contributed by atoms with Crippen molar-refractivity contribution in [1.29, 1.82) is 0 Å². The summed E-state index contributed by atoms with van der Waals surface area (Å²) in [7, 11) is 0. The van der Waals surface area contributed by atoms with Gasteiger partial charge >= 0.3 is 21.7 Å². The summed E-state index contributed by atoms with van der Waals surface area (Å²) in [6, 6.07) is 0. The van der Waals surface area contributed by atoms with E-state index in [1.165, 1.54) is 77.0 Å². The van der Waals surface area contributed by atoms with E-state index in [1.807, 2.05) is 0 Å². The normalized spacial score (nSPS) is 9.80. The van der Waals surface area contributed by atoms with E-state index >= 15 is 0 Å². The second-order valence-electron chi connectivity index (χ2n) is 8.29. The van der Waals surface area contributed by atoms with Crippen LogP contribution in [-0.2, 0) is 26.5 Å². The maximum absolute atomic E-state index is 9.53. The molecule has 0 unspecified atom stereocenters. The third kappa shape index (κ3) is 102. The summed E-state index contributed by atoms with van der Waals surface area (Å²) in [5, 5.41) is 28.6. The van der Waals surface area contributed by atoms with Gasteiger partial charge in [-0.25, -0.2) is 0 Å². The smallest absolute Gasteiger partial charge is 0.852 e. The largest absolute Gasteiger partial charge is 3.00 e. The first kappa shape index (κ1) is 40.9. The molecule has 0 saturated heterocycles. The van der Waals surface area contributed by atoms with Gasteiger partial charge in [0.15, 0.2) is 0 Å². The molecule has 30 heavy (non-hydrogen) atoms. The minimum absolute atomic E-state index is 0. The van der Waals surface area contributed by atoms with E-state index in [9.17, 15) is 15.3 Å². The quantitative estimate of drug-likeness (QED) is 0.266. The Morgan fingerprint density at radius 3 is 0.900 bits per heavy atom. The summed E-state index contributed by atoms with van der Waals surface area (Å²) < 4.78 is 5.65. The Kier molecular flexibility index (Phi) is 54.4. The molecule has 0 saturated carbocycles. The summed E-state index contributed by atoms with van der Waals surface area (Å²) >= 11 is 0. The van der Waals surface area contributed by atoms with Crippen LogP contribution in [0.5, 0.6) is 0 Å². The summed E-state index contributed by atoms with van der Waals surface area (Å²) in [5.74, 6) is 0. The van der Waals surface area contributed by atoms with Crippen molar-refractivity contribution in [3.05, 3.63) is 0 Å². The SMILES string of the molecule is CC(C)[O-].CC(C)[O-].CC(C)[O-].CCCCCCCCOCCCCCCCC.[Ti+3]. The molecular formula is C25H55O4Ti. The molecule has 5 heteroatoms. The molecular weight excluding hydrogens is 412 g/mol. The van der Waals surface area contributed by atoms with Gasteiger partial charge in [0.1, 0.15) is 0 Å². The average molecular weight is 468 g/mol. The van der Waals surface area contributed by atoms with Gasteiger partial charge in [0.05, 0.1) is 0 Å². The topological polar surface area (TPSA) is 78.4 Å². The van der Waals surface area contributed by atoms with Crippen molar-refractivity contribution in [1.82, 2.24) is 0 Å². The molecule has 4 nitrogen and oxygen atoms in total. The fourth-order valence-corrected chi connectivity index (χ4v) is 2.07. The number of ether oxygens (including phenoxy) is 1. The number of hydrogen-bond acceptors (Lipinski definition) is 4. The summed E-state index contributed by atoms with van der Waals surface area (Å²) in [6.07, 6.45) is 15.1. The molecule has 0 amide bonds. The van der Waals surface area contributed by atoms with Crippen LogP contribution in [0.25, 0.3) is 0 Å². The maximum Gasteiger partial charge on any atom is 3.00 e. The van der Waals surface area contributed by atoms with Gasteiger partial charge in [0.2, 0.25) is 0 Å². The molecule has 0 aliphatic rings. The fourth-order valence-electron chi connectivity index (χ4n) is 2.07. The Bertz CT molecular complexity index is 201. The summed E-state index contributed by atoms with van der Waals surface area (Å²) in [5.41, 5.74) is 0. The monoisotopic (exact) mass is 467 g/mol. The van der Waals surface area contributed by atoms with E-state index in [4.69, 9.17) is 4.74 Å². The van der Waals surface area contributed by atoms with E-state index in [0.29, 0.717) is 0 Å². The fraction of sp³-hybridized carbons (Fsp3) is 1.00. The average Bonchev–Trinajstić information content (AvgIpc) is 2.57. The molecule has 0 aliphatic heterocycles. The Labute approximate surface area is 205 Å². The van der Waals surface area contributed by atoms with Crippen LogP contribution >= 0.6 is 0 Å². The molecule has 1 radical (unpaired) electrons. The molecule has 0 N–H and O–H groups in total. The van der Waals surface area contributed by atoms with Gasteiger partial charge in [0, 0.05) is 13.2 Å². The van der Waals surface area contributed by atoms with Gasteiger partial charge in [-0.05, 0) is 12.8 Å². The van der Waals surface area contributed by atoms with E-state index in [1.54, 1.807) is 41.5 Å². The van der Waals surface area contributed by atoms with Crippen molar-refractivity contribution < 1.29 is 41.8 Å². The van der Waals surface area contributed by atoms with E-state index in [-0.39, 0.29) is 21.7 Å². The zero-order chi connectivity index (χ0) is 23.3. The van der Waals surface area contributed by atoms with E-state index in [0.717, 1.165) is 13.2 Å². The standard InChI is InChI=1S/C16H34O.3C3H7O.Ti/c1-3-5-7-9-11-13-15-17-16-14-12-10-8-6-4-2;3*1-3(2)4;/h3-16H2,1-2H3;3*3H,1-2H3;/q;3*-1;+3. The molecule has 0 bridgehead atoms. The Hall–Kier alpha value is 0.554. The number of unbranched alkanes of at least 4 members (excludes halogenated alkanes) is 10. The minimum atomic E-state index is -0.417. The molecule has 0 spiro atoms. The van der Waals surface area contributed by atoms with Crippen molar-refractivity contribution in [3.63, 3.8) is 0 Å². The Balaban J connectivity index is -0.000000131. The second-order valence-corrected chi connectivity index (χ2v) is 8.29. The molecule has 0 aliphatic carbocycles. The maximum atomic E-state index is 9.53. The van der Waals surface area contributed by atoms with Gasteiger partial charge < -0.3 is 20.1 Å². The molecule has 0 heterocycles. The van der Waals surface area contributed by atoms with Crippen molar-refractivity contribution in [2.75, 3.05) is 13.2 Å². The van der Waals surface area contributed by atoms with Crippen LogP contribution in [0.15, 0.2) is 0 Å². The number of rotatable bonds is 14. The Morgan fingerprint density at radius 2 is 0.667 bits per heavy atom. The predicted molar refractivity (Wildman–Crippen MR) is 123 cm³/mol. The summed E-state index contributed by atoms with van der Waals surface area (Å²) in [6.45, 7) is 16.2. The second kappa shape index (κ2) is 40.0. The minimum Gasteiger partial charge on any atom is -0.852 e. The molecule has 0 aromatic heterocycles. The van der Waals surface area contributed by atoms with E-state index < -0.39 is 18.3 Å². The molecule has 0 aromatic carbocycles. The predicted octanol–water partition coefficient (Wildman–Crippen LogP) is 4.99. The van der Waals surface area contributed by atoms with Crippen molar-refractivity contribution in [2.24, 2.45) is 0 Å². The molecule has 0 fully saturated rings. The van der Waals surface area contributed by atoms with Gasteiger partial charge in [0.25, 0.3) is 0 Å². The van der Waals surface area contributed by atoms with Crippen molar-refractivity contribution in [3.8, 4) is 0 Å². The van der Waals surface area contributed by atoms with Crippen LogP contribution in [0.2, 0.25) is 0 Å². The summed E-state index contributed by atoms with van der Waals surface area (Å²) in [4.78, 5) is 0. The van der Waals surface area contributed by atoms with Crippen LogP contribution in [0.1, 0.15) is 132 Å². The van der Waals surface area contributed by atoms with Gasteiger partial charge in [-0.1, -0.05) is 120 Å².